The zero-order valence-corrected chi connectivity index (χ0v) is 12.3. The zero-order valence-electron chi connectivity index (χ0n) is 11.5. The summed E-state index contributed by atoms with van der Waals surface area (Å²) >= 11 is 5.80. The molecule has 0 saturated heterocycles. The number of hydrogen-bond acceptors (Lipinski definition) is 4. The maximum atomic E-state index is 10.0. The first-order valence-electron chi connectivity index (χ1n) is 6.40. The minimum Gasteiger partial charge on any atom is -0.507 e. The number of hydrogen-bond donors (Lipinski definition) is 2. The molecule has 110 valence electrons. The lowest BCUT2D eigenvalue weighted by Gasteiger charge is -2.08. The van der Waals surface area contributed by atoms with E-state index in [2.05, 4.69) is 4.99 Å². The van der Waals surface area contributed by atoms with Gasteiger partial charge in [0.2, 0.25) is 0 Å². The number of benzene rings is 2. The number of methoxy groups -OCH3 is 1. The van der Waals surface area contributed by atoms with Gasteiger partial charge >= 0.3 is 0 Å². The number of aliphatic hydroxyl groups excluding tert-OH is 1. The molecule has 2 rings (SSSR count). The van der Waals surface area contributed by atoms with Crippen LogP contribution in [0.1, 0.15) is 17.2 Å². The average molecular weight is 306 g/mol. The van der Waals surface area contributed by atoms with Gasteiger partial charge < -0.3 is 14.9 Å². The predicted molar refractivity (Wildman–Crippen MR) is 83.5 cm³/mol. The van der Waals surface area contributed by atoms with Gasteiger partial charge in [0.15, 0.2) is 0 Å². The smallest absolute Gasteiger partial charge is 0.124 e. The Morgan fingerprint density at radius 1 is 1.24 bits per heavy atom. The first-order chi connectivity index (χ1) is 10.1. The molecule has 0 amide bonds. The molecule has 0 fully saturated rings. The SMILES string of the molecule is COc1ccc(O)c(C=NCC(O)c2ccc(Cl)cc2)c1. The van der Waals surface area contributed by atoms with Crippen LogP contribution < -0.4 is 4.74 Å². The molecule has 0 aliphatic heterocycles. The van der Waals surface area contributed by atoms with E-state index in [0.717, 1.165) is 5.56 Å². The molecule has 4 nitrogen and oxygen atoms in total. The number of aromatic hydroxyl groups is 1. The van der Waals surface area contributed by atoms with Crippen LogP contribution in [0.15, 0.2) is 47.5 Å². The topological polar surface area (TPSA) is 62.0 Å². The van der Waals surface area contributed by atoms with Crippen LogP contribution in [-0.4, -0.2) is 30.1 Å². The normalized spacial score (nSPS) is 12.5. The molecule has 0 aliphatic rings. The van der Waals surface area contributed by atoms with Crippen molar-refractivity contribution in [3.05, 3.63) is 58.6 Å². The summed E-state index contributed by atoms with van der Waals surface area (Å²) in [6.45, 7) is 0.193. The lowest BCUT2D eigenvalue weighted by Crippen LogP contribution is -2.01. The lowest BCUT2D eigenvalue weighted by molar-refractivity contribution is 0.187. The third-order valence-electron chi connectivity index (χ3n) is 3.00. The molecule has 1 atom stereocenters. The van der Waals surface area contributed by atoms with Gasteiger partial charge in [-0.15, -0.1) is 0 Å². The highest BCUT2D eigenvalue weighted by molar-refractivity contribution is 6.30. The molecule has 2 N–H and O–H groups in total. The van der Waals surface area contributed by atoms with Gasteiger partial charge in [-0.25, -0.2) is 0 Å². The molecule has 2 aromatic carbocycles. The van der Waals surface area contributed by atoms with Crippen molar-refractivity contribution in [3.8, 4) is 11.5 Å². The number of ether oxygens (including phenoxy) is 1. The molecule has 0 saturated carbocycles. The summed E-state index contributed by atoms with van der Waals surface area (Å²) in [5.41, 5.74) is 1.28. The monoisotopic (exact) mass is 305 g/mol. The fraction of sp³-hybridized carbons (Fsp3) is 0.188. The number of aliphatic imine (C=N–C) groups is 1. The van der Waals surface area contributed by atoms with Crippen molar-refractivity contribution in [2.24, 2.45) is 4.99 Å². The van der Waals surface area contributed by atoms with E-state index in [1.54, 1.807) is 43.5 Å². The van der Waals surface area contributed by atoms with Crippen molar-refractivity contribution in [3.63, 3.8) is 0 Å². The maximum absolute atomic E-state index is 10.0. The van der Waals surface area contributed by atoms with Crippen molar-refractivity contribution in [1.29, 1.82) is 0 Å². The van der Waals surface area contributed by atoms with E-state index in [1.807, 2.05) is 0 Å². The van der Waals surface area contributed by atoms with Crippen LogP contribution >= 0.6 is 11.6 Å². The van der Waals surface area contributed by atoms with Crippen LogP contribution in [0, 0.1) is 0 Å². The summed E-state index contributed by atoms with van der Waals surface area (Å²) in [7, 11) is 1.55. The highest BCUT2D eigenvalue weighted by atomic mass is 35.5. The van der Waals surface area contributed by atoms with Gasteiger partial charge in [-0.2, -0.15) is 0 Å². The Hall–Kier alpha value is -2.04. The van der Waals surface area contributed by atoms with E-state index in [1.165, 1.54) is 12.3 Å². The third-order valence-corrected chi connectivity index (χ3v) is 3.25. The molecule has 0 aromatic heterocycles. The first-order valence-corrected chi connectivity index (χ1v) is 6.78. The molecule has 0 aliphatic carbocycles. The van der Waals surface area contributed by atoms with Gasteiger partial charge in [-0.05, 0) is 35.9 Å². The van der Waals surface area contributed by atoms with E-state index >= 15 is 0 Å². The third kappa shape index (κ3) is 4.21. The van der Waals surface area contributed by atoms with Crippen LogP contribution in [0.3, 0.4) is 0 Å². The first kappa shape index (κ1) is 15.4. The van der Waals surface area contributed by atoms with E-state index in [-0.39, 0.29) is 12.3 Å². The van der Waals surface area contributed by atoms with Crippen LogP contribution in [-0.2, 0) is 0 Å². The van der Waals surface area contributed by atoms with Gasteiger partial charge in [0.25, 0.3) is 0 Å². The van der Waals surface area contributed by atoms with Crippen molar-refractivity contribution in [2.45, 2.75) is 6.10 Å². The van der Waals surface area contributed by atoms with Crippen molar-refractivity contribution >= 4 is 17.8 Å². The quantitative estimate of drug-likeness (QED) is 0.834. The van der Waals surface area contributed by atoms with E-state index in [4.69, 9.17) is 16.3 Å². The molecular formula is C16H16ClNO3. The second kappa shape index (κ2) is 7.11. The highest BCUT2D eigenvalue weighted by Crippen LogP contribution is 2.21. The minimum absolute atomic E-state index is 0.112. The Morgan fingerprint density at radius 3 is 2.62 bits per heavy atom. The number of phenolic OH excluding ortho intramolecular Hbond substituents is 1. The van der Waals surface area contributed by atoms with Gasteiger partial charge in [0, 0.05) is 16.8 Å². The van der Waals surface area contributed by atoms with Gasteiger partial charge in [-0.1, -0.05) is 23.7 Å². The van der Waals surface area contributed by atoms with Crippen LogP contribution in [0.5, 0.6) is 11.5 Å². The summed E-state index contributed by atoms with van der Waals surface area (Å²) in [5, 5.41) is 20.4. The summed E-state index contributed by atoms with van der Waals surface area (Å²) in [6.07, 6.45) is 0.794. The maximum Gasteiger partial charge on any atom is 0.124 e. The minimum atomic E-state index is -0.716. The number of halogens is 1. The summed E-state index contributed by atoms with van der Waals surface area (Å²) < 4.78 is 5.08. The van der Waals surface area contributed by atoms with E-state index in [9.17, 15) is 10.2 Å². The van der Waals surface area contributed by atoms with Gasteiger partial charge in [-0.3, -0.25) is 4.99 Å². The fourth-order valence-corrected chi connectivity index (χ4v) is 1.93. The second-order valence-corrected chi connectivity index (χ2v) is 4.92. The molecular weight excluding hydrogens is 290 g/mol. The summed E-state index contributed by atoms with van der Waals surface area (Å²) in [4.78, 5) is 4.15. The predicted octanol–water partition coefficient (Wildman–Crippen LogP) is 3.21. The second-order valence-electron chi connectivity index (χ2n) is 4.49. The molecule has 1 unspecified atom stereocenters. The standard InChI is InChI=1S/C16H16ClNO3/c1-21-14-6-7-15(19)12(8-14)9-18-10-16(20)11-2-4-13(17)5-3-11/h2-9,16,19-20H,10H2,1H3. The summed E-state index contributed by atoms with van der Waals surface area (Å²) in [5.74, 6) is 0.744. The zero-order chi connectivity index (χ0) is 15.2. The van der Waals surface area contributed by atoms with Gasteiger partial charge in [0.05, 0.1) is 19.8 Å². The molecule has 21 heavy (non-hydrogen) atoms. The van der Waals surface area contributed by atoms with E-state index < -0.39 is 6.10 Å². The van der Waals surface area contributed by atoms with Crippen LogP contribution in [0.4, 0.5) is 0 Å². The molecule has 2 aromatic rings. The molecule has 0 bridgehead atoms. The number of aliphatic hydroxyl groups is 1. The number of nitrogens with zero attached hydrogens (tertiary/aromatic N) is 1. The molecule has 0 heterocycles. The van der Waals surface area contributed by atoms with Crippen LogP contribution in [0.2, 0.25) is 5.02 Å². The average Bonchev–Trinajstić information content (AvgIpc) is 2.49. The van der Waals surface area contributed by atoms with E-state index in [0.29, 0.717) is 16.3 Å². The van der Waals surface area contributed by atoms with Crippen molar-refractivity contribution in [2.75, 3.05) is 13.7 Å². The Morgan fingerprint density at radius 2 is 1.95 bits per heavy atom. The van der Waals surface area contributed by atoms with Crippen LogP contribution in [0.25, 0.3) is 0 Å². The summed E-state index contributed by atoms with van der Waals surface area (Å²) in [6, 6.07) is 11.8. The Kier molecular flexibility index (Phi) is 5.20. The van der Waals surface area contributed by atoms with Crippen molar-refractivity contribution < 1.29 is 14.9 Å². The molecule has 0 radical (unpaired) electrons. The molecule has 0 spiro atoms. The van der Waals surface area contributed by atoms with Crippen molar-refractivity contribution in [1.82, 2.24) is 0 Å². The number of phenols is 1. The van der Waals surface area contributed by atoms with Gasteiger partial charge in [0.1, 0.15) is 11.5 Å². The Balaban J connectivity index is 2.03. The number of rotatable bonds is 5. The Bertz CT molecular complexity index is 626. The Labute approximate surface area is 128 Å². The molecule has 5 heteroatoms. The lowest BCUT2D eigenvalue weighted by atomic mass is 10.1. The highest BCUT2D eigenvalue weighted by Gasteiger charge is 2.06. The fourth-order valence-electron chi connectivity index (χ4n) is 1.80. The largest absolute Gasteiger partial charge is 0.507 e.